The Morgan fingerprint density at radius 3 is 2.38 bits per heavy atom. The summed E-state index contributed by atoms with van der Waals surface area (Å²) < 4.78 is 0. The van der Waals surface area contributed by atoms with Crippen LogP contribution in [0.1, 0.15) is 33.6 Å². The third-order valence-corrected chi connectivity index (χ3v) is 4.31. The molecule has 0 saturated carbocycles. The molecule has 1 N–H and O–H groups in total. The van der Waals surface area contributed by atoms with Crippen molar-refractivity contribution in [3.05, 3.63) is 46.5 Å². The summed E-state index contributed by atoms with van der Waals surface area (Å²) in [6.45, 7) is 0.442. The number of piperidine rings is 1. The minimum atomic E-state index is -1.04. The van der Waals surface area contributed by atoms with Crippen molar-refractivity contribution in [3.8, 4) is 6.07 Å². The van der Waals surface area contributed by atoms with Crippen LogP contribution in [0, 0.1) is 11.3 Å². The summed E-state index contributed by atoms with van der Waals surface area (Å²) in [5.41, 5.74) is 1.62. The molecular formula is C17H15N3O4. The molecule has 0 atom stereocenters. The van der Waals surface area contributed by atoms with Gasteiger partial charge in [0.05, 0.1) is 29.3 Å². The van der Waals surface area contributed by atoms with Crippen LogP contribution < -0.4 is 0 Å². The fourth-order valence-corrected chi connectivity index (χ4v) is 3.05. The number of fused-ring (bicyclic) bond motifs is 1. The van der Waals surface area contributed by atoms with Gasteiger partial charge >= 0.3 is 6.09 Å². The monoisotopic (exact) mass is 325 g/mol. The van der Waals surface area contributed by atoms with Gasteiger partial charge in [-0.15, -0.1) is 0 Å². The molecule has 1 fully saturated rings. The van der Waals surface area contributed by atoms with E-state index < -0.39 is 17.9 Å². The minimum absolute atomic E-state index is 0.119. The lowest BCUT2D eigenvalue weighted by Gasteiger charge is -2.27. The Morgan fingerprint density at radius 1 is 1.21 bits per heavy atom. The molecule has 0 spiro atoms. The van der Waals surface area contributed by atoms with Crippen molar-refractivity contribution in [3.63, 3.8) is 0 Å². The van der Waals surface area contributed by atoms with Gasteiger partial charge in [0.1, 0.15) is 0 Å². The Bertz CT molecular complexity index is 771. The molecular weight excluding hydrogens is 310 g/mol. The fourth-order valence-electron chi connectivity index (χ4n) is 3.05. The summed E-state index contributed by atoms with van der Waals surface area (Å²) in [4.78, 5) is 38.2. The largest absolute Gasteiger partial charge is 0.465 e. The normalized spacial score (nSPS) is 19.1. The van der Waals surface area contributed by atoms with E-state index in [2.05, 4.69) is 0 Å². The average molecular weight is 325 g/mol. The standard InChI is InChI=1S/C17H15N3O4/c18-8-12(11-4-3-7-19(9-11)17(23)24)10-20-15(21)13-5-1-2-6-14(13)16(20)22/h1-2,5-6H,3-4,7,9-10H2,(H,23,24). The maximum Gasteiger partial charge on any atom is 0.407 e. The van der Waals surface area contributed by atoms with Crippen LogP contribution in [-0.4, -0.2) is 52.4 Å². The van der Waals surface area contributed by atoms with Gasteiger partial charge < -0.3 is 10.0 Å². The Labute approximate surface area is 138 Å². The summed E-state index contributed by atoms with van der Waals surface area (Å²) in [5.74, 6) is -0.843. The number of likely N-dealkylation sites (tertiary alicyclic amines) is 1. The topological polar surface area (TPSA) is 102 Å². The molecule has 0 radical (unpaired) electrons. The van der Waals surface area contributed by atoms with E-state index in [4.69, 9.17) is 5.11 Å². The van der Waals surface area contributed by atoms with Crippen molar-refractivity contribution in [1.82, 2.24) is 9.80 Å². The van der Waals surface area contributed by atoms with Crippen molar-refractivity contribution in [2.75, 3.05) is 19.6 Å². The number of carbonyl (C=O) groups excluding carboxylic acids is 2. The predicted octanol–water partition coefficient (Wildman–Crippen LogP) is 1.88. The van der Waals surface area contributed by atoms with Crippen molar-refractivity contribution in [2.24, 2.45) is 0 Å². The average Bonchev–Trinajstić information content (AvgIpc) is 2.84. The summed E-state index contributed by atoms with van der Waals surface area (Å²) in [6.07, 6.45) is 0.176. The van der Waals surface area contributed by atoms with Crippen LogP contribution in [0.2, 0.25) is 0 Å². The molecule has 1 aromatic rings. The fraction of sp³-hybridized carbons (Fsp3) is 0.294. The number of carboxylic acid groups (broad SMARTS) is 1. The van der Waals surface area contributed by atoms with Crippen molar-refractivity contribution in [1.29, 1.82) is 5.26 Å². The lowest BCUT2D eigenvalue weighted by molar-refractivity contribution is 0.0668. The van der Waals surface area contributed by atoms with Gasteiger partial charge in [0.25, 0.3) is 11.8 Å². The van der Waals surface area contributed by atoms with Crippen LogP contribution in [0.15, 0.2) is 35.4 Å². The third-order valence-electron chi connectivity index (χ3n) is 4.31. The second-order valence-electron chi connectivity index (χ2n) is 5.74. The number of imide groups is 1. The Kier molecular flexibility index (Phi) is 4.04. The van der Waals surface area contributed by atoms with E-state index in [9.17, 15) is 19.6 Å². The number of benzene rings is 1. The van der Waals surface area contributed by atoms with Gasteiger partial charge in [-0.1, -0.05) is 12.1 Å². The van der Waals surface area contributed by atoms with Crippen molar-refractivity contribution in [2.45, 2.75) is 12.8 Å². The Morgan fingerprint density at radius 2 is 1.83 bits per heavy atom. The van der Waals surface area contributed by atoms with Gasteiger partial charge in [-0.3, -0.25) is 14.5 Å². The van der Waals surface area contributed by atoms with Gasteiger partial charge in [-0.25, -0.2) is 4.79 Å². The van der Waals surface area contributed by atoms with E-state index in [0.717, 1.165) is 4.90 Å². The molecule has 3 amide bonds. The second-order valence-corrected chi connectivity index (χ2v) is 5.74. The van der Waals surface area contributed by atoms with Crippen LogP contribution in [0.25, 0.3) is 0 Å². The highest BCUT2D eigenvalue weighted by atomic mass is 16.4. The van der Waals surface area contributed by atoms with Gasteiger partial charge in [-0.2, -0.15) is 5.26 Å². The third kappa shape index (κ3) is 2.63. The van der Waals surface area contributed by atoms with E-state index in [-0.39, 0.29) is 18.7 Å². The van der Waals surface area contributed by atoms with E-state index in [1.165, 1.54) is 4.90 Å². The smallest absolute Gasteiger partial charge is 0.407 e. The minimum Gasteiger partial charge on any atom is -0.465 e. The van der Waals surface area contributed by atoms with Gasteiger partial charge in [0.15, 0.2) is 0 Å². The van der Waals surface area contributed by atoms with Crippen LogP contribution in [0.3, 0.4) is 0 Å². The molecule has 0 bridgehead atoms. The van der Waals surface area contributed by atoms with Gasteiger partial charge in [-0.05, 0) is 30.5 Å². The first-order valence-corrected chi connectivity index (χ1v) is 7.57. The number of nitrogens with zero attached hydrogens (tertiary/aromatic N) is 3. The Balaban J connectivity index is 1.86. The highest BCUT2D eigenvalue weighted by Gasteiger charge is 2.36. The molecule has 7 nitrogen and oxygen atoms in total. The molecule has 1 saturated heterocycles. The zero-order valence-electron chi connectivity index (χ0n) is 12.9. The first-order valence-electron chi connectivity index (χ1n) is 7.57. The lowest BCUT2D eigenvalue weighted by atomic mass is 9.99. The molecule has 2 aliphatic heterocycles. The molecule has 1 aromatic carbocycles. The maximum absolute atomic E-state index is 12.4. The summed E-state index contributed by atoms with van der Waals surface area (Å²) in [6, 6.07) is 8.58. The van der Waals surface area contributed by atoms with Crippen molar-refractivity contribution >= 4 is 17.9 Å². The molecule has 3 rings (SSSR count). The predicted molar refractivity (Wildman–Crippen MR) is 83.3 cm³/mol. The van der Waals surface area contributed by atoms with Crippen LogP contribution in [0.5, 0.6) is 0 Å². The first kappa shape index (κ1) is 15.7. The maximum atomic E-state index is 12.4. The number of carbonyl (C=O) groups is 3. The highest BCUT2D eigenvalue weighted by Crippen LogP contribution is 2.25. The van der Waals surface area contributed by atoms with Gasteiger partial charge in [0, 0.05) is 13.1 Å². The molecule has 2 aliphatic rings. The van der Waals surface area contributed by atoms with Crippen LogP contribution >= 0.6 is 0 Å². The molecule has 0 unspecified atom stereocenters. The van der Waals surface area contributed by atoms with Gasteiger partial charge in [0.2, 0.25) is 0 Å². The van der Waals surface area contributed by atoms with Crippen LogP contribution in [-0.2, 0) is 0 Å². The summed E-state index contributed by atoms with van der Waals surface area (Å²) >= 11 is 0. The van der Waals surface area contributed by atoms with E-state index in [1.54, 1.807) is 24.3 Å². The van der Waals surface area contributed by atoms with E-state index in [0.29, 0.717) is 36.1 Å². The number of amides is 3. The number of hydrogen-bond acceptors (Lipinski definition) is 4. The molecule has 0 aromatic heterocycles. The highest BCUT2D eigenvalue weighted by molar-refractivity contribution is 6.21. The summed E-state index contributed by atoms with van der Waals surface area (Å²) in [5, 5.41) is 18.5. The van der Waals surface area contributed by atoms with E-state index >= 15 is 0 Å². The molecule has 24 heavy (non-hydrogen) atoms. The number of hydrogen-bond donors (Lipinski definition) is 1. The summed E-state index contributed by atoms with van der Waals surface area (Å²) in [7, 11) is 0. The molecule has 0 aliphatic carbocycles. The lowest BCUT2D eigenvalue weighted by Crippen LogP contribution is -2.37. The second kappa shape index (κ2) is 6.16. The molecule has 2 heterocycles. The number of rotatable bonds is 2. The Hall–Kier alpha value is -3.14. The molecule has 7 heteroatoms. The molecule has 122 valence electrons. The number of nitriles is 1. The zero-order valence-corrected chi connectivity index (χ0v) is 12.9. The SMILES string of the molecule is N#CC(CN1C(=O)c2ccccc2C1=O)=C1CCCN(C(=O)O)C1. The first-order chi connectivity index (χ1) is 11.5. The van der Waals surface area contributed by atoms with Crippen molar-refractivity contribution < 1.29 is 19.5 Å². The van der Waals surface area contributed by atoms with Crippen LogP contribution in [0.4, 0.5) is 4.79 Å². The quantitative estimate of drug-likeness (QED) is 0.660. The van der Waals surface area contributed by atoms with E-state index in [1.807, 2.05) is 6.07 Å². The zero-order chi connectivity index (χ0) is 17.3.